The summed E-state index contributed by atoms with van der Waals surface area (Å²) in [5.41, 5.74) is 0.679. The Morgan fingerprint density at radius 3 is 3.06 bits per heavy atom. The van der Waals surface area contributed by atoms with Gasteiger partial charge in [-0.25, -0.2) is 9.78 Å². The number of rotatable bonds is 3. The SMILES string of the molecule is CN(Cc1nccs1)C(=O)Nc1cccc(Cl)c1. The summed E-state index contributed by atoms with van der Waals surface area (Å²) in [6.45, 7) is 0.490. The Bertz CT molecular complexity index is 530. The molecule has 0 bridgehead atoms. The minimum absolute atomic E-state index is 0.188. The molecule has 1 aromatic carbocycles. The molecular weight excluding hydrogens is 270 g/mol. The van der Waals surface area contributed by atoms with Crippen molar-refractivity contribution in [2.75, 3.05) is 12.4 Å². The number of nitrogens with one attached hydrogen (secondary N) is 1. The molecule has 2 aromatic rings. The maximum Gasteiger partial charge on any atom is 0.321 e. The van der Waals surface area contributed by atoms with Crippen molar-refractivity contribution < 1.29 is 4.79 Å². The van der Waals surface area contributed by atoms with Gasteiger partial charge in [0, 0.05) is 29.3 Å². The van der Waals surface area contributed by atoms with Crippen LogP contribution in [0.3, 0.4) is 0 Å². The lowest BCUT2D eigenvalue weighted by Crippen LogP contribution is -2.30. The number of thiazole rings is 1. The maximum atomic E-state index is 11.9. The molecule has 0 aliphatic carbocycles. The van der Waals surface area contributed by atoms with Gasteiger partial charge in [-0.1, -0.05) is 17.7 Å². The molecule has 0 saturated carbocycles. The van der Waals surface area contributed by atoms with E-state index < -0.39 is 0 Å². The number of urea groups is 1. The Morgan fingerprint density at radius 2 is 2.39 bits per heavy atom. The molecule has 1 aromatic heterocycles. The van der Waals surface area contributed by atoms with Gasteiger partial charge in [0.1, 0.15) is 5.01 Å². The first-order valence-electron chi connectivity index (χ1n) is 5.31. The average Bonchev–Trinajstić information content (AvgIpc) is 2.81. The van der Waals surface area contributed by atoms with Gasteiger partial charge in [-0.2, -0.15) is 0 Å². The Balaban J connectivity index is 1.95. The van der Waals surface area contributed by atoms with Crippen molar-refractivity contribution in [3.63, 3.8) is 0 Å². The van der Waals surface area contributed by atoms with Crippen molar-refractivity contribution in [2.45, 2.75) is 6.54 Å². The van der Waals surface area contributed by atoms with Crippen molar-refractivity contribution in [3.05, 3.63) is 45.9 Å². The van der Waals surface area contributed by atoms with E-state index in [4.69, 9.17) is 11.6 Å². The van der Waals surface area contributed by atoms with Crippen LogP contribution in [0.25, 0.3) is 0 Å². The van der Waals surface area contributed by atoms with E-state index in [0.717, 1.165) is 5.01 Å². The molecule has 0 atom stereocenters. The van der Waals surface area contributed by atoms with E-state index in [1.807, 2.05) is 5.38 Å². The van der Waals surface area contributed by atoms with Crippen LogP contribution in [-0.2, 0) is 6.54 Å². The monoisotopic (exact) mass is 281 g/mol. The van der Waals surface area contributed by atoms with Gasteiger partial charge in [0.15, 0.2) is 0 Å². The summed E-state index contributed by atoms with van der Waals surface area (Å²) in [6, 6.07) is 6.86. The van der Waals surface area contributed by atoms with E-state index >= 15 is 0 Å². The van der Waals surface area contributed by atoms with E-state index in [1.54, 1.807) is 42.4 Å². The molecule has 0 spiro atoms. The predicted molar refractivity (Wildman–Crippen MR) is 74.1 cm³/mol. The van der Waals surface area contributed by atoms with Crippen LogP contribution in [0.5, 0.6) is 0 Å². The van der Waals surface area contributed by atoms with E-state index in [2.05, 4.69) is 10.3 Å². The summed E-state index contributed by atoms with van der Waals surface area (Å²) < 4.78 is 0. The molecule has 94 valence electrons. The standard InChI is InChI=1S/C12H12ClN3OS/c1-16(8-11-14-5-6-18-11)12(17)15-10-4-2-3-9(13)7-10/h2-7H,8H2,1H3,(H,15,17). The number of benzene rings is 1. The molecule has 4 nitrogen and oxygen atoms in total. The molecule has 1 N–H and O–H groups in total. The van der Waals surface area contributed by atoms with Crippen LogP contribution in [0, 0.1) is 0 Å². The van der Waals surface area contributed by atoms with Gasteiger partial charge in [0.05, 0.1) is 6.54 Å². The zero-order valence-corrected chi connectivity index (χ0v) is 11.3. The minimum Gasteiger partial charge on any atom is -0.321 e. The molecule has 18 heavy (non-hydrogen) atoms. The first kappa shape index (κ1) is 12.9. The molecule has 1 heterocycles. The number of amides is 2. The van der Waals surface area contributed by atoms with Crippen LogP contribution in [-0.4, -0.2) is 23.0 Å². The molecule has 0 saturated heterocycles. The fourth-order valence-electron chi connectivity index (χ4n) is 1.39. The van der Waals surface area contributed by atoms with Crippen LogP contribution in [0.4, 0.5) is 10.5 Å². The fourth-order valence-corrected chi connectivity index (χ4v) is 2.25. The van der Waals surface area contributed by atoms with Crippen LogP contribution in [0.1, 0.15) is 5.01 Å². The molecule has 2 amide bonds. The second-order valence-electron chi connectivity index (χ2n) is 3.72. The van der Waals surface area contributed by atoms with Gasteiger partial charge < -0.3 is 10.2 Å². The number of halogens is 1. The van der Waals surface area contributed by atoms with Crippen LogP contribution in [0.2, 0.25) is 5.02 Å². The second kappa shape index (κ2) is 5.84. The lowest BCUT2D eigenvalue weighted by atomic mass is 10.3. The second-order valence-corrected chi connectivity index (χ2v) is 5.14. The summed E-state index contributed by atoms with van der Waals surface area (Å²) in [5.74, 6) is 0. The number of carbonyl (C=O) groups excluding carboxylic acids is 1. The Hall–Kier alpha value is -1.59. The third-order valence-corrected chi connectivity index (χ3v) is 3.28. The third-order valence-electron chi connectivity index (χ3n) is 2.28. The molecule has 0 aliphatic heterocycles. The molecule has 0 aliphatic rings. The fraction of sp³-hybridized carbons (Fsp3) is 0.167. The van der Waals surface area contributed by atoms with Gasteiger partial charge in [0.25, 0.3) is 0 Å². The zero-order valence-electron chi connectivity index (χ0n) is 9.76. The van der Waals surface area contributed by atoms with E-state index in [1.165, 1.54) is 11.3 Å². The average molecular weight is 282 g/mol. The topological polar surface area (TPSA) is 45.2 Å². The predicted octanol–water partition coefficient (Wildman–Crippen LogP) is 3.46. The van der Waals surface area contributed by atoms with Crippen molar-refractivity contribution in [3.8, 4) is 0 Å². The highest BCUT2D eigenvalue weighted by atomic mass is 35.5. The van der Waals surface area contributed by atoms with E-state index in [0.29, 0.717) is 17.3 Å². The third kappa shape index (κ3) is 3.45. The minimum atomic E-state index is -0.188. The number of carbonyl (C=O) groups is 1. The van der Waals surface area contributed by atoms with Crippen molar-refractivity contribution >= 4 is 34.7 Å². The summed E-state index contributed by atoms with van der Waals surface area (Å²) >= 11 is 7.37. The molecule has 0 fully saturated rings. The summed E-state index contributed by atoms with van der Waals surface area (Å²) in [4.78, 5) is 17.6. The first-order valence-corrected chi connectivity index (χ1v) is 6.57. The molecule has 0 unspecified atom stereocenters. The summed E-state index contributed by atoms with van der Waals surface area (Å²) in [7, 11) is 1.72. The summed E-state index contributed by atoms with van der Waals surface area (Å²) in [6.07, 6.45) is 1.72. The van der Waals surface area contributed by atoms with Crippen molar-refractivity contribution in [2.24, 2.45) is 0 Å². The Kier molecular flexibility index (Phi) is 4.17. The van der Waals surface area contributed by atoms with Crippen LogP contribution >= 0.6 is 22.9 Å². The van der Waals surface area contributed by atoms with Gasteiger partial charge >= 0.3 is 6.03 Å². The largest absolute Gasteiger partial charge is 0.321 e. The number of hydrogen-bond donors (Lipinski definition) is 1. The van der Waals surface area contributed by atoms with E-state index in [-0.39, 0.29) is 6.03 Å². The summed E-state index contributed by atoms with van der Waals surface area (Å²) in [5, 5.41) is 6.16. The van der Waals surface area contributed by atoms with E-state index in [9.17, 15) is 4.79 Å². The van der Waals surface area contributed by atoms with Gasteiger partial charge in [-0.3, -0.25) is 0 Å². The molecular formula is C12H12ClN3OS. The zero-order chi connectivity index (χ0) is 13.0. The quantitative estimate of drug-likeness (QED) is 0.936. The first-order chi connectivity index (χ1) is 8.65. The number of anilines is 1. The highest BCUT2D eigenvalue weighted by molar-refractivity contribution is 7.09. The number of hydrogen-bond acceptors (Lipinski definition) is 3. The lowest BCUT2D eigenvalue weighted by molar-refractivity contribution is 0.220. The Labute approximate surface area is 114 Å². The Morgan fingerprint density at radius 1 is 1.56 bits per heavy atom. The maximum absolute atomic E-state index is 11.9. The molecule has 2 rings (SSSR count). The van der Waals surface area contributed by atoms with Gasteiger partial charge in [-0.15, -0.1) is 11.3 Å². The molecule has 6 heteroatoms. The molecule has 0 radical (unpaired) electrons. The normalized spacial score (nSPS) is 10.1. The highest BCUT2D eigenvalue weighted by Crippen LogP contribution is 2.15. The highest BCUT2D eigenvalue weighted by Gasteiger charge is 2.10. The van der Waals surface area contributed by atoms with Crippen LogP contribution in [0.15, 0.2) is 35.8 Å². The smallest absolute Gasteiger partial charge is 0.321 e. The van der Waals surface area contributed by atoms with Crippen molar-refractivity contribution in [1.82, 2.24) is 9.88 Å². The van der Waals surface area contributed by atoms with Gasteiger partial charge in [-0.05, 0) is 18.2 Å². The van der Waals surface area contributed by atoms with Crippen LogP contribution < -0.4 is 5.32 Å². The lowest BCUT2D eigenvalue weighted by Gasteiger charge is -2.16. The van der Waals surface area contributed by atoms with Gasteiger partial charge in [0.2, 0.25) is 0 Å². The number of aromatic nitrogens is 1. The van der Waals surface area contributed by atoms with Crippen molar-refractivity contribution in [1.29, 1.82) is 0 Å². The number of nitrogens with zero attached hydrogens (tertiary/aromatic N) is 2.